The quantitative estimate of drug-likeness (QED) is 0.397. The summed E-state index contributed by atoms with van der Waals surface area (Å²) < 4.78 is 12.3. The van der Waals surface area contributed by atoms with Crippen molar-refractivity contribution in [3.63, 3.8) is 0 Å². The zero-order valence-electron chi connectivity index (χ0n) is 22.8. The molecule has 0 aromatic heterocycles. The average Bonchev–Trinajstić information content (AvgIpc) is 3.27. The van der Waals surface area contributed by atoms with Crippen LogP contribution >= 0.6 is 0 Å². The van der Waals surface area contributed by atoms with Crippen LogP contribution in [0.5, 0.6) is 0 Å². The Morgan fingerprint density at radius 2 is 1.84 bits per heavy atom. The molecule has 1 aromatic carbocycles. The maximum absolute atomic E-state index is 13.6. The number of benzene rings is 1. The van der Waals surface area contributed by atoms with Crippen LogP contribution in [0.15, 0.2) is 47.6 Å². The minimum Gasteiger partial charge on any atom is -0.454 e. The zero-order chi connectivity index (χ0) is 27.8. The Balaban J connectivity index is 1.67. The minimum atomic E-state index is -1.48. The fourth-order valence-electron chi connectivity index (χ4n) is 8.05. The van der Waals surface area contributed by atoms with E-state index in [1.165, 1.54) is 6.92 Å². The van der Waals surface area contributed by atoms with Crippen LogP contribution in [0.2, 0.25) is 0 Å². The molecule has 8 atom stereocenters. The standard InChI is InChI=1S/C30H37NO7/c1-15-11-21-20(24(15)34)12-18(14-32)13-22-25-28(4,5)30(25,38-17(3)33)26(16(2)29(21,22)36)37-27(35)19-9-7-8-10-23(19)31-6/h7-11,13,16,20-22,25-26,31-32,36H,12,14H2,1-6H3/t16-,20+,21-,22+,25-,26-,29+,30-/m1/s1. The highest BCUT2D eigenvalue weighted by molar-refractivity contribution is 6.00. The van der Waals surface area contributed by atoms with Crippen molar-refractivity contribution in [3.8, 4) is 0 Å². The van der Waals surface area contributed by atoms with Crippen LogP contribution in [0, 0.1) is 35.0 Å². The van der Waals surface area contributed by atoms with E-state index in [9.17, 15) is 24.6 Å². The fourth-order valence-corrected chi connectivity index (χ4v) is 8.05. The second-order valence-electron chi connectivity index (χ2n) is 11.9. The van der Waals surface area contributed by atoms with E-state index < -0.39 is 64.2 Å². The number of hydrogen-bond donors (Lipinski definition) is 3. The van der Waals surface area contributed by atoms with Gasteiger partial charge < -0.3 is 25.0 Å². The Bertz CT molecular complexity index is 1260. The number of aliphatic hydroxyl groups excluding tert-OH is 1. The number of aliphatic hydroxyl groups is 2. The molecule has 0 spiro atoms. The summed E-state index contributed by atoms with van der Waals surface area (Å²) in [7, 11) is 1.71. The normalized spacial score (nSPS) is 38.5. The number of allylic oxidation sites excluding steroid dienone is 1. The van der Waals surface area contributed by atoms with Crippen molar-refractivity contribution in [2.45, 2.75) is 58.3 Å². The monoisotopic (exact) mass is 523 g/mol. The van der Waals surface area contributed by atoms with E-state index in [1.54, 1.807) is 32.2 Å². The second kappa shape index (κ2) is 8.78. The summed E-state index contributed by atoms with van der Waals surface area (Å²) in [5.74, 6) is -3.82. The van der Waals surface area contributed by atoms with Gasteiger partial charge in [-0.1, -0.05) is 45.1 Å². The van der Waals surface area contributed by atoms with Crippen molar-refractivity contribution in [1.29, 1.82) is 0 Å². The third-order valence-electron chi connectivity index (χ3n) is 9.85. The van der Waals surface area contributed by atoms with Crippen LogP contribution in [0.1, 0.15) is 51.4 Å². The minimum absolute atomic E-state index is 0.0426. The molecule has 8 nitrogen and oxygen atoms in total. The molecule has 4 aliphatic carbocycles. The number of hydrogen-bond acceptors (Lipinski definition) is 8. The van der Waals surface area contributed by atoms with Crippen LogP contribution in [-0.2, 0) is 19.1 Å². The third-order valence-corrected chi connectivity index (χ3v) is 9.85. The largest absolute Gasteiger partial charge is 0.454 e. The van der Waals surface area contributed by atoms with E-state index in [-0.39, 0.29) is 12.4 Å². The molecule has 0 saturated heterocycles. The number of fused-ring (bicyclic) bond motifs is 5. The van der Waals surface area contributed by atoms with Gasteiger partial charge in [0.25, 0.3) is 0 Å². The van der Waals surface area contributed by atoms with Crippen molar-refractivity contribution >= 4 is 23.4 Å². The van der Waals surface area contributed by atoms with Crippen molar-refractivity contribution < 1.29 is 34.1 Å². The molecule has 0 amide bonds. The molecule has 3 N–H and O–H groups in total. The van der Waals surface area contributed by atoms with E-state index in [4.69, 9.17) is 9.47 Å². The summed E-state index contributed by atoms with van der Waals surface area (Å²) in [4.78, 5) is 39.3. The van der Waals surface area contributed by atoms with Crippen LogP contribution in [-0.4, -0.2) is 58.9 Å². The predicted octanol–water partition coefficient (Wildman–Crippen LogP) is 3.29. The fraction of sp³-hybridized carbons (Fsp3) is 0.567. The molecule has 2 fully saturated rings. The van der Waals surface area contributed by atoms with Gasteiger partial charge in [0.1, 0.15) is 6.10 Å². The third kappa shape index (κ3) is 3.39. The van der Waals surface area contributed by atoms with Crippen molar-refractivity contribution in [1.82, 2.24) is 0 Å². The van der Waals surface area contributed by atoms with Gasteiger partial charge in [-0.05, 0) is 36.6 Å². The molecular weight excluding hydrogens is 486 g/mol. The lowest BCUT2D eigenvalue weighted by Gasteiger charge is -2.52. The predicted molar refractivity (Wildman–Crippen MR) is 140 cm³/mol. The Kier molecular flexibility index (Phi) is 6.15. The van der Waals surface area contributed by atoms with Gasteiger partial charge in [-0.25, -0.2) is 4.79 Å². The summed E-state index contributed by atoms with van der Waals surface area (Å²) in [6.45, 7) is 8.58. The van der Waals surface area contributed by atoms with Gasteiger partial charge in [0.05, 0.1) is 17.8 Å². The molecule has 204 valence electrons. The van der Waals surface area contributed by atoms with E-state index in [0.29, 0.717) is 28.8 Å². The van der Waals surface area contributed by atoms with E-state index in [2.05, 4.69) is 5.32 Å². The lowest BCUT2D eigenvalue weighted by molar-refractivity contribution is -0.207. The molecule has 38 heavy (non-hydrogen) atoms. The summed E-state index contributed by atoms with van der Waals surface area (Å²) in [6, 6.07) is 6.98. The highest BCUT2D eigenvalue weighted by Gasteiger charge is 2.87. The van der Waals surface area contributed by atoms with Gasteiger partial charge in [0.2, 0.25) is 0 Å². The van der Waals surface area contributed by atoms with E-state index in [1.807, 2.05) is 39.0 Å². The molecule has 0 heterocycles. The Hall–Kier alpha value is -2.97. The summed E-state index contributed by atoms with van der Waals surface area (Å²) >= 11 is 0. The lowest BCUT2D eigenvalue weighted by Crippen LogP contribution is -2.63. The Labute approximate surface area is 223 Å². The summed E-state index contributed by atoms with van der Waals surface area (Å²) in [5, 5.41) is 25.9. The molecule has 1 aromatic rings. The summed E-state index contributed by atoms with van der Waals surface area (Å²) in [5.41, 5.74) is -1.13. The molecule has 5 rings (SSSR count). The van der Waals surface area contributed by atoms with Gasteiger partial charge in [-0.3, -0.25) is 9.59 Å². The number of ketones is 1. The van der Waals surface area contributed by atoms with Gasteiger partial charge in [0.15, 0.2) is 11.4 Å². The van der Waals surface area contributed by atoms with Crippen LogP contribution in [0.3, 0.4) is 0 Å². The number of anilines is 1. The Morgan fingerprint density at radius 1 is 1.16 bits per heavy atom. The average molecular weight is 524 g/mol. The first-order valence-electron chi connectivity index (χ1n) is 13.3. The smallest absolute Gasteiger partial charge is 0.340 e. The Morgan fingerprint density at radius 3 is 2.47 bits per heavy atom. The number of Topliss-reactive ketones (excluding diaryl/α,β-unsaturated/α-hetero) is 1. The first kappa shape index (κ1) is 26.6. The number of ether oxygens (including phenoxy) is 2. The SMILES string of the molecule is CNc1ccccc1C(=O)O[C@@H]1[C@@H](C)[C@]2(O)[C@@H]3C=C(C)C(=O)[C@H]3CC(CO)=C[C@H]2[C@@H]2C(C)(C)[C@]12OC(C)=O. The molecular formula is C30H37NO7. The number of carbonyl (C=O) groups excluding carboxylic acids is 3. The lowest BCUT2D eigenvalue weighted by atomic mass is 9.60. The molecule has 4 aliphatic rings. The molecule has 0 unspecified atom stereocenters. The maximum Gasteiger partial charge on any atom is 0.340 e. The van der Waals surface area contributed by atoms with Gasteiger partial charge >= 0.3 is 11.9 Å². The first-order chi connectivity index (χ1) is 17.9. The number of rotatable bonds is 5. The van der Waals surface area contributed by atoms with E-state index in [0.717, 1.165) is 0 Å². The molecule has 2 saturated carbocycles. The molecule has 0 radical (unpaired) electrons. The number of carbonyl (C=O) groups is 3. The van der Waals surface area contributed by atoms with Gasteiger partial charge in [-0.2, -0.15) is 0 Å². The first-order valence-corrected chi connectivity index (χ1v) is 13.3. The van der Waals surface area contributed by atoms with Crippen molar-refractivity contribution in [2.24, 2.45) is 35.0 Å². The second-order valence-corrected chi connectivity index (χ2v) is 11.9. The maximum atomic E-state index is 13.6. The highest BCUT2D eigenvalue weighted by atomic mass is 16.6. The van der Waals surface area contributed by atoms with Crippen LogP contribution in [0.25, 0.3) is 0 Å². The topological polar surface area (TPSA) is 122 Å². The van der Waals surface area contributed by atoms with E-state index >= 15 is 0 Å². The van der Waals surface area contributed by atoms with Crippen molar-refractivity contribution in [3.05, 3.63) is 53.1 Å². The van der Waals surface area contributed by atoms with Crippen LogP contribution in [0.4, 0.5) is 5.69 Å². The molecule has 0 bridgehead atoms. The van der Waals surface area contributed by atoms with Gasteiger partial charge in [-0.15, -0.1) is 0 Å². The number of nitrogens with one attached hydrogen (secondary N) is 1. The number of para-hydroxylation sites is 1. The summed E-state index contributed by atoms with van der Waals surface area (Å²) in [6.07, 6.45) is 3.09. The van der Waals surface area contributed by atoms with Crippen LogP contribution < -0.4 is 5.32 Å². The molecule has 8 heteroatoms. The highest BCUT2D eigenvalue weighted by Crippen LogP contribution is 2.77. The zero-order valence-corrected chi connectivity index (χ0v) is 22.8. The molecule has 0 aliphatic heterocycles. The van der Waals surface area contributed by atoms with Crippen molar-refractivity contribution in [2.75, 3.05) is 19.0 Å². The van der Waals surface area contributed by atoms with Gasteiger partial charge in [0, 0.05) is 54.7 Å². The number of esters is 2.